The molecule has 0 saturated heterocycles. The lowest BCUT2D eigenvalue weighted by atomic mass is 10.00. The van der Waals surface area contributed by atoms with Crippen LogP contribution in [0.4, 0.5) is 0 Å². The molecule has 0 amide bonds. The normalized spacial score (nSPS) is 10.3. The van der Waals surface area contributed by atoms with Gasteiger partial charge in [-0.05, 0) is 41.4 Å². The third kappa shape index (κ3) is 3.27. The van der Waals surface area contributed by atoms with Crippen LogP contribution in [-0.4, -0.2) is 25.7 Å². The number of nitrogens with zero attached hydrogens (tertiary/aromatic N) is 1. The Balaban J connectivity index is 2.42. The average molecular weight is 272 g/mol. The van der Waals surface area contributed by atoms with Gasteiger partial charge in [0.2, 0.25) is 5.88 Å². The second-order valence-electron chi connectivity index (χ2n) is 4.39. The molecule has 0 fully saturated rings. The minimum atomic E-state index is 0.618. The summed E-state index contributed by atoms with van der Waals surface area (Å²) in [6, 6.07) is 10.0. The number of rotatable bonds is 6. The second kappa shape index (κ2) is 6.91. The van der Waals surface area contributed by atoms with Crippen LogP contribution in [0, 0.1) is 0 Å². The van der Waals surface area contributed by atoms with Crippen LogP contribution in [-0.2, 0) is 6.54 Å². The van der Waals surface area contributed by atoms with Crippen LogP contribution in [0.3, 0.4) is 0 Å². The molecule has 0 saturated carbocycles. The molecule has 0 aliphatic rings. The highest BCUT2D eigenvalue weighted by Crippen LogP contribution is 2.28. The van der Waals surface area contributed by atoms with Crippen molar-refractivity contribution in [2.75, 3.05) is 20.8 Å². The molecule has 0 atom stereocenters. The highest BCUT2D eigenvalue weighted by Gasteiger charge is 2.08. The second-order valence-corrected chi connectivity index (χ2v) is 4.39. The molecule has 2 rings (SSSR count). The molecule has 0 spiro atoms. The van der Waals surface area contributed by atoms with Gasteiger partial charge >= 0.3 is 0 Å². The van der Waals surface area contributed by atoms with E-state index < -0.39 is 0 Å². The fraction of sp³-hybridized carbons (Fsp3) is 0.312. The number of aromatic nitrogens is 1. The lowest BCUT2D eigenvalue weighted by molar-refractivity contribution is 0.398. The molecule has 1 N–H and O–H groups in total. The molecule has 106 valence electrons. The van der Waals surface area contributed by atoms with E-state index in [4.69, 9.17) is 9.47 Å². The van der Waals surface area contributed by atoms with Gasteiger partial charge in [0.05, 0.1) is 14.2 Å². The molecule has 0 bridgehead atoms. The topological polar surface area (TPSA) is 43.4 Å². The first kappa shape index (κ1) is 14.3. The van der Waals surface area contributed by atoms with Crippen molar-refractivity contribution in [3.8, 4) is 22.8 Å². The highest BCUT2D eigenvalue weighted by atomic mass is 16.5. The summed E-state index contributed by atoms with van der Waals surface area (Å²) < 4.78 is 10.5. The molecule has 0 aliphatic heterocycles. The summed E-state index contributed by atoms with van der Waals surface area (Å²) in [7, 11) is 3.31. The monoisotopic (exact) mass is 272 g/mol. The minimum Gasteiger partial charge on any atom is -0.497 e. The van der Waals surface area contributed by atoms with E-state index in [2.05, 4.69) is 29.4 Å². The van der Waals surface area contributed by atoms with Crippen LogP contribution in [0.2, 0.25) is 0 Å². The number of hydrogen-bond acceptors (Lipinski definition) is 4. The first-order valence-electron chi connectivity index (χ1n) is 6.66. The third-order valence-corrected chi connectivity index (χ3v) is 3.13. The van der Waals surface area contributed by atoms with Gasteiger partial charge in [-0.2, -0.15) is 0 Å². The van der Waals surface area contributed by atoms with Crippen molar-refractivity contribution in [1.82, 2.24) is 10.3 Å². The van der Waals surface area contributed by atoms with Crippen molar-refractivity contribution in [2.45, 2.75) is 13.5 Å². The van der Waals surface area contributed by atoms with E-state index in [0.717, 1.165) is 30.0 Å². The molecule has 4 nitrogen and oxygen atoms in total. The summed E-state index contributed by atoms with van der Waals surface area (Å²) in [6.07, 6.45) is 1.76. The van der Waals surface area contributed by atoms with E-state index in [1.807, 2.05) is 18.2 Å². The van der Waals surface area contributed by atoms with Crippen molar-refractivity contribution in [2.24, 2.45) is 0 Å². The molecule has 1 heterocycles. The van der Waals surface area contributed by atoms with Crippen molar-refractivity contribution in [3.63, 3.8) is 0 Å². The van der Waals surface area contributed by atoms with Gasteiger partial charge < -0.3 is 14.8 Å². The quantitative estimate of drug-likeness (QED) is 0.878. The summed E-state index contributed by atoms with van der Waals surface area (Å²) in [6.45, 7) is 3.82. The average Bonchev–Trinajstić information content (AvgIpc) is 2.52. The van der Waals surface area contributed by atoms with E-state index in [0.29, 0.717) is 5.88 Å². The predicted molar refractivity (Wildman–Crippen MR) is 80.2 cm³/mol. The molecule has 0 radical (unpaired) electrons. The van der Waals surface area contributed by atoms with Crippen LogP contribution in [0.25, 0.3) is 11.1 Å². The summed E-state index contributed by atoms with van der Waals surface area (Å²) in [5.74, 6) is 1.48. The number of methoxy groups -OCH3 is 2. The van der Waals surface area contributed by atoms with E-state index >= 15 is 0 Å². The van der Waals surface area contributed by atoms with E-state index in [1.165, 1.54) is 5.56 Å². The smallest absolute Gasteiger partial charge is 0.213 e. The van der Waals surface area contributed by atoms with E-state index in [-0.39, 0.29) is 0 Å². The number of benzene rings is 1. The fourth-order valence-corrected chi connectivity index (χ4v) is 2.07. The van der Waals surface area contributed by atoms with Gasteiger partial charge in [0.25, 0.3) is 0 Å². The lowest BCUT2D eigenvalue weighted by Crippen LogP contribution is -2.12. The van der Waals surface area contributed by atoms with Crippen molar-refractivity contribution >= 4 is 0 Å². The maximum atomic E-state index is 5.31. The maximum Gasteiger partial charge on any atom is 0.213 e. The molecule has 2 aromatic rings. The van der Waals surface area contributed by atoms with Crippen LogP contribution < -0.4 is 14.8 Å². The summed E-state index contributed by atoms with van der Waals surface area (Å²) in [4.78, 5) is 4.15. The van der Waals surface area contributed by atoms with E-state index in [1.54, 1.807) is 20.4 Å². The molecule has 4 heteroatoms. The Hall–Kier alpha value is -2.07. The zero-order valence-corrected chi connectivity index (χ0v) is 12.1. The lowest BCUT2D eigenvalue weighted by Gasteiger charge is -2.12. The van der Waals surface area contributed by atoms with Gasteiger partial charge in [-0.1, -0.05) is 13.0 Å². The van der Waals surface area contributed by atoms with Gasteiger partial charge in [0.1, 0.15) is 5.75 Å². The molecular formula is C16H20N2O2. The zero-order valence-electron chi connectivity index (χ0n) is 12.1. The predicted octanol–water partition coefficient (Wildman–Crippen LogP) is 2.88. The molecule has 20 heavy (non-hydrogen) atoms. The standard InChI is InChI=1S/C16H20N2O2/c1-4-17-11-13-9-14(19-2)5-6-15(13)12-7-8-18-16(10-12)20-3/h5-10,17H,4,11H2,1-3H3. The van der Waals surface area contributed by atoms with Gasteiger partial charge in [0, 0.05) is 18.8 Å². The third-order valence-electron chi connectivity index (χ3n) is 3.13. The van der Waals surface area contributed by atoms with Gasteiger partial charge in [0.15, 0.2) is 0 Å². The first-order chi connectivity index (χ1) is 9.78. The SMILES string of the molecule is CCNCc1cc(OC)ccc1-c1ccnc(OC)c1. The Kier molecular flexibility index (Phi) is 4.96. The number of hydrogen-bond donors (Lipinski definition) is 1. The molecule has 1 aromatic carbocycles. The number of ether oxygens (including phenoxy) is 2. The fourth-order valence-electron chi connectivity index (χ4n) is 2.07. The van der Waals surface area contributed by atoms with Gasteiger partial charge in [-0.15, -0.1) is 0 Å². The van der Waals surface area contributed by atoms with Crippen LogP contribution in [0.5, 0.6) is 11.6 Å². The van der Waals surface area contributed by atoms with Gasteiger partial charge in [-0.3, -0.25) is 0 Å². The van der Waals surface area contributed by atoms with Crippen molar-refractivity contribution in [3.05, 3.63) is 42.1 Å². The van der Waals surface area contributed by atoms with Crippen molar-refractivity contribution < 1.29 is 9.47 Å². The Morgan fingerprint density at radius 1 is 1.10 bits per heavy atom. The maximum absolute atomic E-state index is 5.31. The molecule has 1 aromatic heterocycles. The number of pyridine rings is 1. The molecule has 0 unspecified atom stereocenters. The Morgan fingerprint density at radius 2 is 1.95 bits per heavy atom. The molecular weight excluding hydrogens is 252 g/mol. The minimum absolute atomic E-state index is 0.618. The summed E-state index contributed by atoms with van der Waals surface area (Å²) in [5, 5.41) is 3.35. The van der Waals surface area contributed by atoms with Crippen LogP contribution in [0.15, 0.2) is 36.5 Å². The number of nitrogens with one attached hydrogen (secondary N) is 1. The highest BCUT2D eigenvalue weighted by molar-refractivity contribution is 5.69. The van der Waals surface area contributed by atoms with Crippen molar-refractivity contribution in [1.29, 1.82) is 0 Å². The van der Waals surface area contributed by atoms with E-state index in [9.17, 15) is 0 Å². The Bertz CT molecular complexity index is 570. The van der Waals surface area contributed by atoms with Crippen LogP contribution in [0.1, 0.15) is 12.5 Å². The molecule has 0 aliphatic carbocycles. The van der Waals surface area contributed by atoms with Gasteiger partial charge in [-0.25, -0.2) is 4.98 Å². The largest absolute Gasteiger partial charge is 0.497 e. The Morgan fingerprint density at radius 3 is 2.65 bits per heavy atom. The van der Waals surface area contributed by atoms with Crippen LogP contribution >= 0.6 is 0 Å². The Labute approximate surface area is 119 Å². The summed E-state index contributed by atoms with van der Waals surface area (Å²) >= 11 is 0. The first-order valence-corrected chi connectivity index (χ1v) is 6.66. The zero-order chi connectivity index (χ0) is 14.4. The summed E-state index contributed by atoms with van der Waals surface area (Å²) in [5.41, 5.74) is 3.44.